The zero-order chi connectivity index (χ0) is 28.1. The Morgan fingerprint density at radius 1 is 0.846 bits per heavy atom. The van der Waals surface area contributed by atoms with E-state index in [1.807, 2.05) is 18.2 Å². The van der Waals surface area contributed by atoms with E-state index < -0.39 is 30.2 Å². The van der Waals surface area contributed by atoms with Gasteiger partial charge in [0.25, 0.3) is 0 Å². The van der Waals surface area contributed by atoms with Crippen LogP contribution in [0.15, 0.2) is 82.7 Å². The van der Waals surface area contributed by atoms with Crippen LogP contribution in [0.2, 0.25) is 0 Å². The summed E-state index contributed by atoms with van der Waals surface area (Å²) in [4.78, 5) is 1.29. The van der Waals surface area contributed by atoms with Crippen LogP contribution in [0.3, 0.4) is 0 Å². The maximum Gasteiger partial charge on any atom is 0.310 e. The van der Waals surface area contributed by atoms with E-state index in [4.69, 9.17) is 0 Å². The van der Waals surface area contributed by atoms with Crippen molar-refractivity contribution in [2.24, 2.45) is 0 Å². The molecule has 1 aliphatic rings. The zero-order valence-corrected chi connectivity index (χ0v) is 22.0. The molecule has 1 aliphatic carbocycles. The van der Waals surface area contributed by atoms with E-state index in [1.54, 1.807) is 30.5 Å². The van der Waals surface area contributed by atoms with Gasteiger partial charge in [-0.3, -0.25) is 0 Å². The molecule has 12 heteroatoms. The fourth-order valence-corrected chi connectivity index (χ4v) is 7.43. The molecule has 1 heterocycles. The molecule has 39 heavy (non-hydrogen) atoms. The van der Waals surface area contributed by atoms with Crippen molar-refractivity contribution in [2.45, 2.75) is 46.8 Å². The Labute approximate surface area is 222 Å². The summed E-state index contributed by atoms with van der Waals surface area (Å²) in [7, 11) is -13.3. The number of fused-ring (bicyclic) bond motifs is 1. The van der Waals surface area contributed by atoms with Crippen molar-refractivity contribution in [2.75, 3.05) is 5.32 Å². The van der Waals surface area contributed by atoms with Crippen molar-refractivity contribution >= 4 is 36.7 Å². The van der Waals surface area contributed by atoms with Gasteiger partial charge in [-0.05, 0) is 85.3 Å². The first kappa shape index (κ1) is 27.0. The molecule has 5 rings (SSSR count). The number of anilines is 1. The summed E-state index contributed by atoms with van der Waals surface area (Å²) in [5.41, 5.74) is 3.28. The Hall–Kier alpha value is -3.56. The monoisotopic (exact) mass is 581 g/mol. The number of aromatic nitrogens is 1. The maximum absolute atomic E-state index is 13.3. The van der Waals surface area contributed by atoms with Gasteiger partial charge < -0.3 is 10.3 Å². The Bertz CT molecular complexity index is 1690. The summed E-state index contributed by atoms with van der Waals surface area (Å²) < 4.78 is 91.2. The van der Waals surface area contributed by atoms with Crippen LogP contribution in [0, 0.1) is 11.3 Å². The van der Waals surface area contributed by atoms with Crippen molar-refractivity contribution < 1.29 is 27.8 Å². The van der Waals surface area contributed by atoms with Crippen LogP contribution in [-0.2, 0) is 9.84 Å². The van der Waals surface area contributed by atoms with E-state index in [2.05, 4.69) is 16.4 Å². The average Bonchev–Trinajstić information content (AvgIpc) is 3.30. The van der Waals surface area contributed by atoms with E-state index >= 15 is 0 Å². The standard InChI is InChI=1S/C27H24F5N3O2S2/c28-39(29,30,31,32)25-12-6-22(7-13-25)35-21-4-10-24(11-5-21)38(36,37)23-8-1-18(2-9-23)19-3-14-27-26(15-19)20(16-33)17-34-27/h1-3,6-9,12-15,17,21,24,34-35H,4-5,10-11H2. The molecule has 1 saturated carbocycles. The highest BCUT2D eigenvalue weighted by Crippen LogP contribution is 3.02. The fraction of sp³-hybridized carbons (Fsp3) is 0.222. The van der Waals surface area contributed by atoms with Crippen LogP contribution < -0.4 is 5.32 Å². The SMILES string of the molecule is N#Cc1c[nH]c2ccc(-c3ccc(S(=O)(=O)C4CCC(Nc5ccc(S(F)(F)(F)(F)F)cc5)CC4)cc3)cc12. The molecule has 1 aromatic heterocycles. The summed E-state index contributed by atoms with van der Waals surface area (Å²) in [5.74, 6) is 0. The lowest BCUT2D eigenvalue weighted by atomic mass is 9.95. The number of nitrogens with one attached hydrogen (secondary N) is 2. The van der Waals surface area contributed by atoms with Gasteiger partial charge in [0.1, 0.15) is 11.0 Å². The van der Waals surface area contributed by atoms with Crippen LogP contribution in [-0.4, -0.2) is 24.7 Å². The zero-order valence-electron chi connectivity index (χ0n) is 20.4. The predicted octanol–water partition coefficient (Wildman–Crippen LogP) is 8.56. The first-order valence-electron chi connectivity index (χ1n) is 12.1. The second kappa shape index (κ2) is 8.72. The van der Waals surface area contributed by atoms with E-state index in [0.717, 1.165) is 34.2 Å². The third-order valence-corrected chi connectivity index (χ3v) is 10.5. The van der Waals surface area contributed by atoms with Gasteiger partial charge in [-0.1, -0.05) is 37.6 Å². The summed E-state index contributed by atoms with van der Waals surface area (Å²) in [6, 6.07) is 16.8. The minimum absolute atomic E-state index is 0.189. The molecule has 0 amide bonds. The molecule has 2 N–H and O–H groups in total. The number of aromatic amines is 1. The van der Waals surface area contributed by atoms with E-state index in [0.29, 0.717) is 43.4 Å². The van der Waals surface area contributed by atoms with Crippen molar-refractivity contribution in [1.82, 2.24) is 4.98 Å². The molecular formula is C27H24F5N3O2S2. The van der Waals surface area contributed by atoms with Crippen LogP contribution in [0.5, 0.6) is 0 Å². The number of sulfone groups is 1. The fourth-order valence-electron chi connectivity index (χ4n) is 4.98. The molecular weight excluding hydrogens is 557 g/mol. The van der Waals surface area contributed by atoms with Crippen LogP contribution >= 0.6 is 10.2 Å². The smallest absolute Gasteiger partial charge is 0.310 e. The maximum atomic E-state index is 13.3. The number of nitriles is 1. The Kier molecular flexibility index (Phi) is 6.05. The normalized spacial score (nSPS) is 20.1. The van der Waals surface area contributed by atoms with Gasteiger partial charge in [-0.2, -0.15) is 5.26 Å². The minimum atomic E-state index is -9.72. The number of nitrogens with zero attached hydrogens (tertiary/aromatic N) is 1. The summed E-state index contributed by atoms with van der Waals surface area (Å²) in [6.07, 6.45) is 3.27. The first-order valence-corrected chi connectivity index (χ1v) is 15.6. The second-order valence-electron chi connectivity index (χ2n) is 9.76. The molecule has 4 aromatic rings. The summed E-state index contributed by atoms with van der Waals surface area (Å²) in [5, 5.41) is 12.5. The lowest BCUT2D eigenvalue weighted by molar-refractivity contribution is 0.364. The van der Waals surface area contributed by atoms with Crippen molar-refractivity contribution in [1.29, 1.82) is 5.26 Å². The highest BCUT2D eigenvalue weighted by atomic mass is 32.5. The first-order chi connectivity index (χ1) is 18.1. The largest absolute Gasteiger partial charge is 0.382 e. The van der Waals surface area contributed by atoms with Crippen molar-refractivity contribution in [3.8, 4) is 17.2 Å². The van der Waals surface area contributed by atoms with Crippen LogP contribution in [0.25, 0.3) is 22.0 Å². The van der Waals surface area contributed by atoms with Gasteiger partial charge in [0.05, 0.1) is 15.7 Å². The number of benzene rings is 3. The molecule has 0 unspecified atom stereocenters. The highest BCUT2D eigenvalue weighted by Gasteiger charge is 2.65. The van der Waals surface area contributed by atoms with Gasteiger partial charge >= 0.3 is 10.2 Å². The molecule has 0 spiro atoms. The predicted molar refractivity (Wildman–Crippen MR) is 143 cm³/mol. The third kappa shape index (κ3) is 5.60. The summed E-state index contributed by atoms with van der Waals surface area (Å²) >= 11 is 0. The van der Waals surface area contributed by atoms with Crippen LogP contribution in [0.4, 0.5) is 25.1 Å². The number of hydrogen-bond acceptors (Lipinski definition) is 4. The van der Waals surface area contributed by atoms with Gasteiger partial charge in [-0.15, -0.1) is 0 Å². The third-order valence-electron chi connectivity index (χ3n) is 7.10. The average molecular weight is 582 g/mol. The number of rotatable bonds is 6. The molecule has 0 radical (unpaired) electrons. The Morgan fingerprint density at radius 2 is 1.46 bits per heavy atom. The second-order valence-corrected chi connectivity index (χ2v) is 14.4. The number of H-pyrrole nitrogens is 1. The van der Waals surface area contributed by atoms with Crippen molar-refractivity contribution in [3.63, 3.8) is 0 Å². The van der Waals surface area contributed by atoms with Crippen molar-refractivity contribution in [3.05, 3.63) is 78.5 Å². The molecule has 0 bridgehead atoms. The highest BCUT2D eigenvalue weighted by molar-refractivity contribution is 8.45. The molecule has 206 valence electrons. The molecule has 0 atom stereocenters. The van der Waals surface area contributed by atoms with E-state index in [1.165, 1.54) is 0 Å². The Morgan fingerprint density at radius 3 is 2.05 bits per heavy atom. The molecule has 1 fully saturated rings. The lowest BCUT2D eigenvalue weighted by Crippen LogP contribution is -2.32. The molecule has 3 aromatic carbocycles. The minimum Gasteiger partial charge on any atom is -0.382 e. The van der Waals surface area contributed by atoms with E-state index in [9.17, 15) is 33.1 Å². The number of hydrogen-bond donors (Lipinski definition) is 2. The molecule has 5 nitrogen and oxygen atoms in total. The van der Waals surface area contributed by atoms with Gasteiger partial charge in [-0.25, -0.2) is 8.42 Å². The molecule has 0 saturated heterocycles. The quantitative estimate of drug-likeness (QED) is 0.223. The van der Waals surface area contributed by atoms with Gasteiger partial charge in [0, 0.05) is 28.8 Å². The van der Waals surface area contributed by atoms with Gasteiger partial charge in [0.15, 0.2) is 9.84 Å². The topological polar surface area (TPSA) is 85.8 Å². The summed E-state index contributed by atoms with van der Waals surface area (Å²) in [6.45, 7) is 0. The lowest BCUT2D eigenvalue weighted by Gasteiger charge is -2.40. The number of halogens is 5. The molecule has 0 aliphatic heterocycles. The Balaban J connectivity index is 1.23. The van der Waals surface area contributed by atoms with Crippen LogP contribution in [0.1, 0.15) is 31.2 Å². The van der Waals surface area contributed by atoms with Gasteiger partial charge in [0.2, 0.25) is 0 Å². The van der Waals surface area contributed by atoms with E-state index in [-0.39, 0.29) is 16.6 Å².